The zero-order valence-corrected chi connectivity index (χ0v) is 13.6. The van der Waals surface area contributed by atoms with Crippen LogP contribution in [-0.4, -0.2) is 15.7 Å². The van der Waals surface area contributed by atoms with Crippen molar-refractivity contribution >= 4 is 29.4 Å². The van der Waals surface area contributed by atoms with Crippen LogP contribution < -0.4 is 5.32 Å². The Hall–Kier alpha value is -2.85. The molecule has 0 atom stereocenters. The summed E-state index contributed by atoms with van der Waals surface area (Å²) in [6.45, 7) is 0.533. The molecule has 2 aromatic carbocycles. The second-order valence-electron chi connectivity index (χ2n) is 5.24. The molecule has 3 rings (SSSR count). The van der Waals surface area contributed by atoms with Crippen molar-refractivity contribution in [1.29, 1.82) is 0 Å². The topological polar surface area (TPSA) is 46.9 Å². The first kappa shape index (κ1) is 16.0. The molecule has 24 heavy (non-hydrogen) atoms. The molecule has 0 saturated carbocycles. The van der Waals surface area contributed by atoms with Crippen molar-refractivity contribution in [1.82, 2.24) is 9.78 Å². The second-order valence-corrected chi connectivity index (χ2v) is 5.67. The van der Waals surface area contributed by atoms with Gasteiger partial charge in [-0.15, -0.1) is 0 Å². The number of rotatable bonds is 5. The summed E-state index contributed by atoms with van der Waals surface area (Å²) in [4.78, 5) is 12.1. The van der Waals surface area contributed by atoms with Gasteiger partial charge in [-0.25, -0.2) is 4.68 Å². The number of carbonyl (C=O) groups is 1. The summed E-state index contributed by atoms with van der Waals surface area (Å²) in [6.07, 6.45) is 4.93. The lowest BCUT2D eigenvalue weighted by Crippen LogP contribution is -2.13. The number of hydrogen-bond donors (Lipinski definition) is 1. The highest BCUT2D eigenvalue weighted by Gasteiger charge is 2.06. The molecule has 0 unspecified atom stereocenters. The molecule has 5 heteroatoms. The largest absolute Gasteiger partial charge is 0.307 e. The maximum atomic E-state index is 12.1. The Morgan fingerprint density at radius 1 is 1.12 bits per heavy atom. The summed E-state index contributed by atoms with van der Waals surface area (Å²) in [6, 6.07) is 19.0. The summed E-state index contributed by atoms with van der Waals surface area (Å²) in [5.74, 6) is 0.435. The molecular formula is C19H16ClN3O. The fourth-order valence-corrected chi connectivity index (χ4v) is 2.49. The first-order chi connectivity index (χ1) is 11.7. The molecule has 0 saturated heterocycles. The third-order valence-electron chi connectivity index (χ3n) is 3.42. The molecule has 0 aliphatic carbocycles. The summed E-state index contributed by atoms with van der Waals surface area (Å²) in [7, 11) is 0. The van der Waals surface area contributed by atoms with E-state index < -0.39 is 0 Å². The minimum atomic E-state index is -0.202. The van der Waals surface area contributed by atoms with Crippen LogP contribution in [0, 0.1) is 0 Å². The van der Waals surface area contributed by atoms with E-state index in [0.717, 1.165) is 11.1 Å². The van der Waals surface area contributed by atoms with E-state index in [1.807, 2.05) is 54.6 Å². The van der Waals surface area contributed by atoms with E-state index in [4.69, 9.17) is 11.6 Å². The van der Waals surface area contributed by atoms with Crippen LogP contribution in [-0.2, 0) is 11.3 Å². The van der Waals surface area contributed by atoms with Crippen molar-refractivity contribution < 1.29 is 4.79 Å². The second kappa shape index (κ2) is 7.62. The van der Waals surface area contributed by atoms with Gasteiger partial charge in [0.1, 0.15) is 5.82 Å². The predicted octanol–water partition coefficient (Wildman–Crippen LogP) is 4.24. The fraction of sp³-hybridized carbons (Fsp3) is 0.0526. The summed E-state index contributed by atoms with van der Waals surface area (Å²) in [5, 5.41) is 7.76. The van der Waals surface area contributed by atoms with E-state index >= 15 is 0 Å². The predicted molar refractivity (Wildman–Crippen MR) is 96.9 cm³/mol. The Balaban J connectivity index is 1.67. The van der Waals surface area contributed by atoms with Crippen molar-refractivity contribution in [3.05, 3.63) is 89.1 Å². The zero-order valence-electron chi connectivity index (χ0n) is 12.9. The van der Waals surface area contributed by atoms with Crippen LogP contribution in [0.1, 0.15) is 11.1 Å². The quantitative estimate of drug-likeness (QED) is 0.708. The molecule has 0 aliphatic rings. The van der Waals surface area contributed by atoms with Crippen LogP contribution in [0.3, 0.4) is 0 Å². The van der Waals surface area contributed by atoms with Crippen molar-refractivity contribution in [2.45, 2.75) is 6.54 Å². The van der Waals surface area contributed by atoms with Crippen LogP contribution in [0.4, 0.5) is 5.82 Å². The van der Waals surface area contributed by atoms with E-state index in [9.17, 15) is 4.79 Å². The molecule has 0 fully saturated rings. The van der Waals surface area contributed by atoms with Crippen molar-refractivity contribution in [2.24, 2.45) is 0 Å². The fourth-order valence-electron chi connectivity index (χ4n) is 2.28. The van der Waals surface area contributed by atoms with Gasteiger partial charge in [0, 0.05) is 17.2 Å². The third-order valence-corrected chi connectivity index (χ3v) is 3.65. The standard InChI is InChI=1S/C19H16ClN3O/c20-17-8-4-7-16(13-17)14-23-18(11-12-21-23)22-19(24)10-9-15-5-2-1-3-6-15/h1-13H,14H2,(H,22,24)/b10-9+. The lowest BCUT2D eigenvalue weighted by Gasteiger charge is -2.08. The van der Waals surface area contributed by atoms with Gasteiger partial charge in [-0.3, -0.25) is 4.79 Å². The lowest BCUT2D eigenvalue weighted by molar-refractivity contribution is -0.111. The SMILES string of the molecule is O=C(/C=C/c1ccccc1)Nc1ccnn1Cc1cccc(Cl)c1. The molecule has 4 nitrogen and oxygen atoms in total. The highest BCUT2D eigenvalue weighted by atomic mass is 35.5. The summed E-state index contributed by atoms with van der Waals surface area (Å²) < 4.78 is 1.72. The van der Waals surface area contributed by atoms with Gasteiger partial charge in [-0.05, 0) is 29.3 Å². The number of nitrogens with one attached hydrogen (secondary N) is 1. The Morgan fingerprint density at radius 3 is 2.75 bits per heavy atom. The molecule has 0 spiro atoms. The average Bonchev–Trinajstić information content (AvgIpc) is 3.01. The van der Waals surface area contributed by atoms with Crippen LogP contribution in [0.25, 0.3) is 6.08 Å². The normalized spacial score (nSPS) is 10.9. The molecule has 1 N–H and O–H groups in total. The molecular weight excluding hydrogens is 322 g/mol. The van der Waals surface area contributed by atoms with Crippen LogP contribution in [0.5, 0.6) is 0 Å². The molecule has 0 bridgehead atoms. The molecule has 0 radical (unpaired) electrons. The van der Waals surface area contributed by atoms with Gasteiger partial charge in [0.05, 0.1) is 12.7 Å². The highest BCUT2D eigenvalue weighted by molar-refractivity contribution is 6.30. The Labute approximate surface area is 145 Å². The number of amides is 1. The average molecular weight is 338 g/mol. The number of carbonyl (C=O) groups excluding carboxylic acids is 1. The van der Waals surface area contributed by atoms with Crippen LogP contribution in [0.2, 0.25) is 5.02 Å². The van der Waals surface area contributed by atoms with E-state index in [1.54, 1.807) is 23.0 Å². The zero-order chi connectivity index (χ0) is 16.8. The maximum absolute atomic E-state index is 12.1. The molecule has 1 heterocycles. The van der Waals surface area contributed by atoms with Crippen LogP contribution >= 0.6 is 11.6 Å². The van der Waals surface area contributed by atoms with Gasteiger partial charge >= 0.3 is 0 Å². The van der Waals surface area contributed by atoms with E-state index in [0.29, 0.717) is 17.4 Å². The molecule has 1 aromatic heterocycles. The van der Waals surface area contributed by atoms with Crippen molar-refractivity contribution in [3.8, 4) is 0 Å². The van der Waals surface area contributed by atoms with Gasteiger partial charge in [-0.2, -0.15) is 5.10 Å². The summed E-state index contributed by atoms with van der Waals surface area (Å²) in [5.41, 5.74) is 1.99. The van der Waals surface area contributed by atoms with Crippen molar-refractivity contribution in [3.63, 3.8) is 0 Å². The monoisotopic (exact) mass is 337 g/mol. The van der Waals surface area contributed by atoms with Gasteiger partial charge in [-0.1, -0.05) is 54.1 Å². The molecule has 0 aliphatic heterocycles. The van der Waals surface area contributed by atoms with Gasteiger partial charge in [0.2, 0.25) is 5.91 Å². The Bertz CT molecular complexity index is 856. The van der Waals surface area contributed by atoms with Gasteiger partial charge in [0.25, 0.3) is 0 Å². The minimum Gasteiger partial charge on any atom is -0.307 e. The highest BCUT2D eigenvalue weighted by Crippen LogP contribution is 2.14. The number of aromatic nitrogens is 2. The van der Waals surface area contributed by atoms with Gasteiger partial charge < -0.3 is 5.32 Å². The molecule has 3 aromatic rings. The first-order valence-corrected chi connectivity index (χ1v) is 7.89. The van der Waals surface area contributed by atoms with E-state index in [1.165, 1.54) is 6.08 Å². The first-order valence-electron chi connectivity index (χ1n) is 7.51. The number of anilines is 1. The minimum absolute atomic E-state index is 0.202. The Kier molecular flexibility index (Phi) is 5.08. The smallest absolute Gasteiger partial charge is 0.249 e. The van der Waals surface area contributed by atoms with Crippen molar-refractivity contribution in [2.75, 3.05) is 5.32 Å². The molecule has 120 valence electrons. The maximum Gasteiger partial charge on any atom is 0.249 e. The van der Waals surface area contributed by atoms with Gasteiger partial charge in [0.15, 0.2) is 0 Å². The number of hydrogen-bond acceptors (Lipinski definition) is 2. The third kappa shape index (κ3) is 4.33. The van der Waals surface area contributed by atoms with Crippen LogP contribution in [0.15, 0.2) is 72.9 Å². The number of halogens is 1. The number of nitrogens with zero attached hydrogens (tertiary/aromatic N) is 2. The molecule has 1 amide bonds. The Morgan fingerprint density at radius 2 is 1.96 bits per heavy atom. The lowest BCUT2D eigenvalue weighted by atomic mass is 10.2. The van der Waals surface area contributed by atoms with E-state index in [2.05, 4.69) is 10.4 Å². The summed E-state index contributed by atoms with van der Waals surface area (Å²) >= 11 is 6.00. The van der Waals surface area contributed by atoms with E-state index in [-0.39, 0.29) is 5.91 Å². The number of benzene rings is 2.